The predicted molar refractivity (Wildman–Crippen MR) is 192 cm³/mol. The lowest BCUT2D eigenvalue weighted by molar-refractivity contribution is -0.343. The molecule has 55 heavy (non-hydrogen) atoms. The number of rotatable bonds is 7. The van der Waals surface area contributed by atoms with E-state index < -0.39 is 106 Å². The third-order valence-corrected chi connectivity index (χ3v) is 12.2. The van der Waals surface area contributed by atoms with Crippen LogP contribution in [0, 0.1) is 16.7 Å². The molecule has 2 bridgehead atoms. The molecule has 6 N–H and O–H groups in total. The molecule has 298 valence electrons. The maximum absolute atomic E-state index is 14.7. The van der Waals surface area contributed by atoms with Crippen LogP contribution in [0.2, 0.25) is 0 Å². The third kappa shape index (κ3) is 6.64. The molecular formula is C40H50N2O13. The van der Waals surface area contributed by atoms with Crippen molar-refractivity contribution < 1.29 is 63.7 Å². The number of hydrogen-bond acceptors (Lipinski definition) is 14. The van der Waals surface area contributed by atoms with E-state index in [0.29, 0.717) is 0 Å². The number of benzene rings is 1. The van der Waals surface area contributed by atoms with Gasteiger partial charge in [0.05, 0.1) is 35.8 Å². The molecule has 0 spiro atoms. The smallest absolute Gasteiger partial charge is 0.408 e. The summed E-state index contributed by atoms with van der Waals surface area (Å²) >= 11 is 0. The number of aliphatic hydroxyl groups is 5. The largest absolute Gasteiger partial charge is 0.456 e. The van der Waals surface area contributed by atoms with Gasteiger partial charge in [0.1, 0.15) is 35.1 Å². The Hall–Kier alpha value is -4.25. The van der Waals surface area contributed by atoms with Crippen molar-refractivity contribution >= 4 is 23.8 Å². The fraction of sp³-hybridized carbons (Fsp3) is 0.575. The fourth-order valence-corrected chi connectivity index (χ4v) is 9.07. The Morgan fingerprint density at radius 3 is 2.22 bits per heavy atom. The summed E-state index contributed by atoms with van der Waals surface area (Å²) in [5, 5.41) is 63.1. The molecule has 11 atom stereocenters. The molecular weight excluding hydrogens is 716 g/mol. The number of carbonyl (C=O) groups excluding carboxylic acids is 4. The zero-order valence-electron chi connectivity index (χ0n) is 31.9. The van der Waals surface area contributed by atoms with Crippen LogP contribution in [0.15, 0.2) is 66.0 Å². The van der Waals surface area contributed by atoms with Crippen molar-refractivity contribution in [3.05, 3.63) is 77.1 Å². The minimum absolute atomic E-state index is 0.0530. The quantitative estimate of drug-likeness (QED) is 0.135. The van der Waals surface area contributed by atoms with Gasteiger partial charge in [-0.3, -0.25) is 9.78 Å². The zero-order valence-corrected chi connectivity index (χ0v) is 31.9. The summed E-state index contributed by atoms with van der Waals surface area (Å²) in [7, 11) is 0. The molecule has 2 aromatic rings. The second-order valence-electron chi connectivity index (χ2n) is 16.9. The summed E-state index contributed by atoms with van der Waals surface area (Å²) in [5.41, 5.74) is -8.23. The molecule has 1 unspecified atom stereocenters. The van der Waals surface area contributed by atoms with Crippen LogP contribution in [0.1, 0.15) is 83.3 Å². The Bertz CT molecular complexity index is 1860. The number of aliphatic hydroxyl groups excluding tert-OH is 3. The van der Waals surface area contributed by atoms with Crippen LogP contribution in [-0.2, 0) is 28.5 Å². The topological polar surface area (TPSA) is 231 Å². The normalized spacial score (nSPS) is 35.0. The molecule has 15 nitrogen and oxygen atoms in total. The van der Waals surface area contributed by atoms with E-state index in [-0.39, 0.29) is 35.3 Å². The Kier molecular flexibility index (Phi) is 10.3. The molecule has 1 amide bonds. The molecule has 0 radical (unpaired) electrons. The highest BCUT2D eigenvalue weighted by atomic mass is 16.6. The first-order chi connectivity index (χ1) is 25.6. The number of aromatic nitrogens is 1. The van der Waals surface area contributed by atoms with E-state index in [0.717, 1.165) is 0 Å². The van der Waals surface area contributed by atoms with Crippen LogP contribution in [0.3, 0.4) is 0 Å². The summed E-state index contributed by atoms with van der Waals surface area (Å²) in [5.74, 6) is -4.59. The number of amides is 1. The first-order valence-electron chi connectivity index (χ1n) is 18.3. The molecule has 15 heteroatoms. The fourth-order valence-electron chi connectivity index (χ4n) is 9.07. The van der Waals surface area contributed by atoms with Crippen molar-refractivity contribution in [3.8, 4) is 0 Å². The summed E-state index contributed by atoms with van der Waals surface area (Å²) in [6.07, 6.45) is -8.57. The highest BCUT2D eigenvalue weighted by Crippen LogP contribution is 2.63. The van der Waals surface area contributed by atoms with E-state index in [1.807, 2.05) is 0 Å². The number of ether oxygens (including phenoxy) is 4. The summed E-state index contributed by atoms with van der Waals surface area (Å²) < 4.78 is 23.1. The van der Waals surface area contributed by atoms with Crippen LogP contribution >= 0.6 is 0 Å². The van der Waals surface area contributed by atoms with Crippen LogP contribution in [0.25, 0.3) is 0 Å². The molecule has 1 saturated heterocycles. The van der Waals surface area contributed by atoms with Gasteiger partial charge in [-0.05, 0) is 75.6 Å². The lowest BCUT2D eigenvalue weighted by Crippen LogP contribution is -2.81. The van der Waals surface area contributed by atoms with E-state index in [4.69, 9.17) is 18.9 Å². The van der Waals surface area contributed by atoms with Crippen molar-refractivity contribution in [3.63, 3.8) is 0 Å². The number of alkyl carbamates (subject to hydrolysis) is 1. The first-order valence-corrected chi connectivity index (χ1v) is 18.3. The summed E-state index contributed by atoms with van der Waals surface area (Å²) in [4.78, 5) is 59.4. The SMILES string of the molecule is CC1=C2[C@@H](O)C(=O)[C@@]3(C)[C@H]([C@H](OC(=O)c4ccccc4)[C@](O)(CC1OC(=O)[C@H](O)[C@@H](NC(=O)OC(C)(C)C)c1ccncc1)C2(C)C)[C@]1(O)CO[C@@H]1C[C@@H]3O. The van der Waals surface area contributed by atoms with Gasteiger partial charge in [0.25, 0.3) is 0 Å². The van der Waals surface area contributed by atoms with Gasteiger partial charge in [-0.2, -0.15) is 0 Å². The standard InChI is InChI=1S/C40H50N2O13/c1-20-23(53-34(48)29(45)27(21-13-15-41-16-14-21)42-35(49)55-36(2,3)4)18-40(51)32(54-33(47)22-11-9-8-10-12-22)30-38(7,24(43)17-25-39(30,50)19-52-25)31(46)28(44)26(20)37(40,5)6/h8-16,23-25,27-30,32,43-45,50-51H,17-19H2,1-7H3,(H,42,49)/t23?,24-,25+,27-,28+,29+,30-,32-,38+,39-,40+/m0/s1. The van der Waals surface area contributed by atoms with Gasteiger partial charge in [0.2, 0.25) is 0 Å². The lowest BCUT2D eigenvalue weighted by atomic mass is 9.44. The molecule has 4 aliphatic rings. The van der Waals surface area contributed by atoms with Gasteiger partial charge in [-0.15, -0.1) is 0 Å². The van der Waals surface area contributed by atoms with Gasteiger partial charge in [0, 0.05) is 36.6 Å². The molecule has 1 aliphatic heterocycles. The van der Waals surface area contributed by atoms with Crippen molar-refractivity contribution in [2.24, 2.45) is 16.7 Å². The van der Waals surface area contributed by atoms with Crippen LogP contribution in [-0.4, -0.2) is 114 Å². The first kappa shape index (κ1) is 40.4. The lowest BCUT2D eigenvalue weighted by Gasteiger charge is -2.66. The molecule has 2 heterocycles. The van der Waals surface area contributed by atoms with E-state index >= 15 is 0 Å². The number of hydrogen-bond donors (Lipinski definition) is 6. The number of pyridine rings is 1. The number of nitrogens with one attached hydrogen (secondary N) is 1. The number of Topliss-reactive ketones (excluding diaryl/α,β-unsaturated/α-hetero) is 1. The molecule has 6 rings (SSSR count). The maximum Gasteiger partial charge on any atom is 0.408 e. The number of esters is 2. The second-order valence-corrected chi connectivity index (χ2v) is 16.9. The van der Waals surface area contributed by atoms with Crippen molar-refractivity contribution in [2.45, 2.75) is 121 Å². The Morgan fingerprint density at radius 1 is 1.00 bits per heavy atom. The number of nitrogens with zero attached hydrogens (tertiary/aromatic N) is 1. The van der Waals surface area contributed by atoms with Gasteiger partial charge in [0.15, 0.2) is 11.9 Å². The van der Waals surface area contributed by atoms with Crippen molar-refractivity contribution in [2.75, 3.05) is 6.61 Å². The Labute approximate surface area is 318 Å². The van der Waals surface area contributed by atoms with E-state index in [9.17, 15) is 44.7 Å². The van der Waals surface area contributed by atoms with Gasteiger partial charge in [-0.25, -0.2) is 14.4 Å². The van der Waals surface area contributed by atoms with E-state index in [1.165, 1.54) is 50.5 Å². The van der Waals surface area contributed by atoms with E-state index in [2.05, 4.69) is 10.3 Å². The van der Waals surface area contributed by atoms with Crippen LogP contribution < -0.4 is 5.32 Å². The monoisotopic (exact) mass is 766 g/mol. The Balaban J connectivity index is 1.45. The molecule has 2 saturated carbocycles. The van der Waals surface area contributed by atoms with Crippen LogP contribution in [0.5, 0.6) is 0 Å². The van der Waals surface area contributed by atoms with Crippen LogP contribution in [0.4, 0.5) is 4.79 Å². The van der Waals surface area contributed by atoms with Gasteiger partial charge < -0.3 is 49.8 Å². The summed E-state index contributed by atoms with van der Waals surface area (Å²) in [6, 6.07) is 9.42. The molecule has 1 aromatic heterocycles. The number of fused-ring (bicyclic) bond motifs is 5. The third-order valence-electron chi connectivity index (χ3n) is 12.2. The minimum atomic E-state index is -2.32. The number of ketones is 1. The minimum Gasteiger partial charge on any atom is -0.456 e. The molecule has 3 aliphatic carbocycles. The zero-order chi connectivity index (χ0) is 40.5. The average Bonchev–Trinajstić information content (AvgIpc) is 3.12. The number of carbonyl (C=O) groups is 4. The van der Waals surface area contributed by atoms with Crippen molar-refractivity contribution in [1.82, 2.24) is 10.3 Å². The highest BCUT2D eigenvalue weighted by molar-refractivity contribution is 5.94. The van der Waals surface area contributed by atoms with Gasteiger partial charge in [-0.1, -0.05) is 32.0 Å². The highest BCUT2D eigenvalue weighted by Gasteiger charge is 2.76. The van der Waals surface area contributed by atoms with Crippen molar-refractivity contribution in [1.29, 1.82) is 0 Å². The summed E-state index contributed by atoms with van der Waals surface area (Å²) in [6.45, 7) is 10.6. The molecule has 3 fully saturated rings. The average molecular weight is 767 g/mol. The Morgan fingerprint density at radius 2 is 1.64 bits per heavy atom. The second kappa shape index (κ2) is 14.0. The molecule has 1 aromatic carbocycles. The van der Waals surface area contributed by atoms with Gasteiger partial charge >= 0.3 is 18.0 Å². The predicted octanol–water partition coefficient (Wildman–Crippen LogP) is 2.08. The van der Waals surface area contributed by atoms with E-state index in [1.54, 1.807) is 52.8 Å². The maximum atomic E-state index is 14.7.